The lowest BCUT2D eigenvalue weighted by Crippen LogP contribution is -2.36. The average Bonchev–Trinajstić information content (AvgIpc) is 3.15. The fraction of sp³-hybridized carbons (Fsp3) is 0.471. The first kappa shape index (κ1) is 17.6. The van der Waals surface area contributed by atoms with Crippen molar-refractivity contribution in [2.45, 2.75) is 26.3 Å². The van der Waals surface area contributed by atoms with Crippen molar-refractivity contribution in [2.75, 3.05) is 27.2 Å². The van der Waals surface area contributed by atoms with Gasteiger partial charge in [0.2, 0.25) is 5.91 Å². The smallest absolute Gasteiger partial charge is 0.291 e. The molecule has 3 aromatic heterocycles. The van der Waals surface area contributed by atoms with Crippen molar-refractivity contribution < 1.29 is 4.79 Å². The number of aromatic nitrogens is 3. The molecule has 0 radical (unpaired) electrons. The van der Waals surface area contributed by atoms with Crippen molar-refractivity contribution in [3.63, 3.8) is 0 Å². The molecule has 0 spiro atoms. The fourth-order valence-corrected chi connectivity index (χ4v) is 3.68. The first-order chi connectivity index (χ1) is 12.0. The van der Waals surface area contributed by atoms with Gasteiger partial charge >= 0.3 is 0 Å². The SMILES string of the molecule is CCc1nn(CC(=O)NCCCN(C)C)c(=O)c2cc3sccc3n12. The van der Waals surface area contributed by atoms with Crippen LogP contribution in [0.5, 0.6) is 0 Å². The average molecular weight is 361 g/mol. The van der Waals surface area contributed by atoms with Crippen LogP contribution >= 0.6 is 11.3 Å². The van der Waals surface area contributed by atoms with Crippen molar-refractivity contribution >= 4 is 33.0 Å². The molecule has 0 aromatic carbocycles. The third kappa shape index (κ3) is 3.59. The highest BCUT2D eigenvalue weighted by molar-refractivity contribution is 7.17. The molecule has 0 unspecified atom stereocenters. The topological polar surface area (TPSA) is 71.6 Å². The van der Waals surface area contributed by atoms with Crippen LogP contribution in [0.4, 0.5) is 0 Å². The second-order valence-corrected chi connectivity index (χ2v) is 7.22. The molecule has 7 nitrogen and oxygen atoms in total. The van der Waals surface area contributed by atoms with Crippen LogP contribution in [0.25, 0.3) is 15.7 Å². The van der Waals surface area contributed by atoms with Gasteiger partial charge in [-0.15, -0.1) is 11.3 Å². The summed E-state index contributed by atoms with van der Waals surface area (Å²) in [6, 6.07) is 3.88. The number of nitrogens with one attached hydrogen (secondary N) is 1. The Kier molecular flexibility index (Phi) is 5.19. The van der Waals surface area contributed by atoms with E-state index in [-0.39, 0.29) is 18.0 Å². The third-order valence-electron chi connectivity index (χ3n) is 4.08. The predicted molar refractivity (Wildman–Crippen MR) is 100 cm³/mol. The number of rotatable bonds is 7. The van der Waals surface area contributed by atoms with Gasteiger partial charge in [0.1, 0.15) is 17.9 Å². The summed E-state index contributed by atoms with van der Waals surface area (Å²) in [5.74, 6) is 0.594. The highest BCUT2D eigenvalue weighted by Crippen LogP contribution is 2.24. The Balaban J connectivity index is 1.83. The van der Waals surface area contributed by atoms with E-state index in [1.54, 1.807) is 11.3 Å². The summed E-state index contributed by atoms with van der Waals surface area (Å²) in [5, 5.41) is 9.27. The van der Waals surface area contributed by atoms with E-state index >= 15 is 0 Å². The number of carbonyl (C=O) groups is 1. The van der Waals surface area contributed by atoms with Gasteiger partial charge in [-0.05, 0) is 44.6 Å². The Morgan fingerprint density at radius 1 is 1.36 bits per heavy atom. The van der Waals surface area contributed by atoms with Gasteiger partial charge in [0.15, 0.2) is 0 Å². The lowest BCUT2D eigenvalue weighted by molar-refractivity contribution is -0.121. The molecule has 0 bridgehead atoms. The van der Waals surface area contributed by atoms with Gasteiger partial charge in [0.05, 0.1) is 10.2 Å². The minimum Gasteiger partial charge on any atom is -0.354 e. The number of nitrogens with zero attached hydrogens (tertiary/aromatic N) is 4. The molecule has 3 heterocycles. The standard InChI is InChI=1S/C17H23N5O2S/c1-4-15-19-21(11-16(23)18-7-5-8-20(2)3)17(24)13-10-14-12(22(13)15)6-9-25-14/h6,9-10H,4-5,7-8,11H2,1-3H3,(H,18,23). The van der Waals surface area contributed by atoms with Crippen LogP contribution < -0.4 is 10.9 Å². The van der Waals surface area contributed by atoms with Crippen molar-refractivity contribution in [1.82, 2.24) is 24.4 Å². The summed E-state index contributed by atoms with van der Waals surface area (Å²) < 4.78 is 4.23. The molecule has 0 aliphatic rings. The second kappa shape index (κ2) is 7.37. The lowest BCUT2D eigenvalue weighted by atomic mass is 10.4. The number of hydrogen-bond donors (Lipinski definition) is 1. The zero-order chi connectivity index (χ0) is 18.0. The third-order valence-corrected chi connectivity index (χ3v) is 4.94. The van der Waals surface area contributed by atoms with E-state index in [0.29, 0.717) is 18.5 Å². The maximum Gasteiger partial charge on any atom is 0.291 e. The Labute approximate surface area is 149 Å². The molecule has 0 aliphatic heterocycles. The van der Waals surface area contributed by atoms with Gasteiger partial charge in [0.25, 0.3) is 5.56 Å². The first-order valence-electron chi connectivity index (χ1n) is 8.41. The van der Waals surface area contributed by atoms with E-state index < -0.39 is 0 Å². The van der Waals surface area contributed by atoms with Gasteiger partial charge in [-0.1, -0.05) is 6.92 Å². The highest BCUT2D eigenvalue weighted by Gasteiger charge is 2.15. The van der Waals surface area contributed by atoms with Crippen LogP contribution in [0.2, 0.25) is 0 Å². The molecule has 8 heteroatoms. The fourth-order valence-electron chi connectivity index (χ4n) is 2.87. The molecule has 3 rings (SSSR count). The van der Waals surface area contributed by atoms with E-state index in [9.17, 15) is 9.59 Å². The molecule has 0 fully saturated rings. The lowest BCUT2D eigenvalue weighted by Gasteiger charge is -2.11. The maximum atomic E-state index is 12.7. The van der Waals surface area contributed by atoms with E-state index in [2.05, 4.69) is 15.3 Å². The molecule has 134 valence electrons. The summed E-state index contributed by atoms with van der Waals surface area (Å²) in [5.41, 5.74) is 1.35. The van der Waals surface area contributed by atoms with E-state index in [4.69, 9.17) is 0 Å². The molecule has 0 saturated heterocycles. The van der Waals surface area contributed by atoms with Crippen LogP contribution in [0.1, 0.15) is 19.2 Å². The number of carbonyl (C=O) groups excluding carboxylic acids is 1. The summed E-state index contributed by atoms with van der Waals surface area (Å²) in [4.78, 5) is 26.9. The van der Waals surface area contributed by atoms with Crippen LogP contribution in [0.3, 0.4) is 0 Å². The van der Waals surface area contributed by atoms with Gasteiger partial charge in [-0.25, -0.2) is 4.68 Å². The van der Waals surface area contributed by atoms with E-state index in [1.165, 1.54) is 4.68 Å². The number of thiophene rings is 1. The molecule has 3 aromatic rings. The zero-order valence-electron chi connectivity index (χ0n) is 14.8. The maximum absolute atomic E-state index is 12.7. The van der Waals surface area contributed by atoms with Gasteiger partial charge in [-0.3, -0.25) is 14.0 Å². The van der Waals surface area contributed by atoms with E-state index in [0.717, 1.165) is 29.0 Å². The van der Waals surface area contributed by atoms with Gasteiger partial charge in [0, 0.05) is 13.0 Å². The Morgan fingerprint density at radius 3 is 2.88 bits per heavy atom. The monoisotopic (exact) mass is 361 g/mol. The van der Waals surface area contributed by atoms with Crippen molar-refractivity contribution in [2.24, 2.45) is 0 Å². The molecule has 0 atom stereocenters. The number of fused-ring (bicyclic) bond motifs is 3. The van der Waals surface area contributed by atoms with Crippen molar-refractivity contribution in [3.05, 3.63) is 33.7 Å². The predicted octanol–water partition coefficient (Wildman–Crippen LogP) is 1.34. The summed E-state index contributed by atoms with van der Waals surface area (Å²) in [7, 11) is 3.99. The van der Waals surface area contributed by atoms with Crippen LogP contribution in [0, 0.1) is 0 Å². The van der Waals surface area contributed by atoms with Gasteiger partial charge in [-0.2, -0.15) is 5.10 Å². The van der Waals surface area contributed by atoms with Crippen LogP contribution in [-0.2, 0) is 17.8 Å². The number of aryl methyl sites for hydroxylation is 1. The highest BCUT2D eigenvalue weighted by atomic mass is 32.1. The normalized spacial score (nSPS) is 11.7. The zero-order valence-corrected chi connectivity index (χ0v) is 15.6. The minimum absolute atomic E-state index is 0.0525. The number of hydrogen-bond acceptors (Lipinski definition) is 5. The molecule has 1 N–H and O–H groups in total. The molecule has 1 amide bonds. The molecular formula is C17H23N5O2S. The summed E-state index contributed by atoms with van der Waals surface area (Å²) >= 11 is 1.60. The Morgan fingerprint density at radius 2 is 2.16 bits per heavy atom. The van der Waals surface area contributed by atoms with Crippen LogP contribution in [-0.4, -0.2) is 52.2 Å². The molecule has 25 heavy (non-hydrogen) atoms. The molecule has 0 aliphatic carbocycles. The van der Waals surface area contributed by atoms with Crippen LogP contribution in [0.15, 0.2) is 22.3 Å². The largest absolute Gasteiger partial charge is 0.354 e. The van der Waals surface area contributed by atoms with Gasteiger partial charge < -0.3 is 10.2 Å². The molecule has 0 saturated carbocycles. The second-order valence-electron chi connectivity index (χ2n) is 6.27. The van der Waals surface area contributed by atoms with Crippen molar-refractivity contribution in [1.29, 1.82) is 0 Å². The first-order valence-corrected chi connectivity index (χ1v) is 9.29. The number of amides is 1. The Bertz CT molecular complexity index is 953. The summed E-state index contributed by atoms with van der Waals surface area (Å²) in [6.45, 7) is 3.44. The Hall–Kier alpha value is -2.19. The summed E-state index contributed by atoms with van der Waals surface area (Å²) in [6.07, 6.45) is 1.55. The van der Waals surface area contributed by atoms with Crippen molar-refractivity contribution in [3.8, 4) is 0 Å². The molecular weight excluding hydrogens is 338 g/mol. The quantitative estimate of drug-likeness (QED) is 0.645. The minimum atomic E-state index is -0.232. The van der Waals surface area contributed by atoms with E-state index in [1.807, 2.05) is 42.9 Å².